The van der Waals surface area contributed by atoms with Crippen LogP contribution in [0.15, 0.2) is 54.6 Å². The smallest absolute Gasteiger partial charge is 0.262 e. The lowest BCUT2D eigenvalue weighted by molar-refractivity contribution is -0.136. The van der Waals surface area contributed by atoms with Gasteiger partial charge in [-0.15, -0.1) is 0 Å². The molecule has 5 amide bonds. The normalized spacial score (nSPS) is 23.5. The summed E-state index contributed by atoms with van der Waals surface area (Å²) in [5.41, 5.74) is 3.46. The van der Waals surface area contributed by atoms with Gasteiger partial charge in [0.25, 0.3) is 17.7 Å². The van der Waals surface area contributed by atoms with Gasteiger partial charge in [0.2, 0.25) is 17.5 Å². The van der Waals surface area contributed by atoms with E-state index >= 15 is 0 Å². The zero-order valence-corrected chi connectivity index (χ0v) is 30.9. The number of nitrogens with zero attached hydrogens (tertiary/aromatic N) is 4. The van der Waals surface area contributed by atoms with E-state index in [9.17, 15) is 29.1 Å². The van der Waals surface area contributed by atoms with Gasteiger partial charge in [-0.1, -0.05) is 17.7 Å². The number of hydrogen-bond donors (Lipinski definition) is 3. The molecule has 0 aromatic heterocycles. The molecule has 0 spiro atoms. The van der Waals surface area contributed by atoms with Crippen LogP contribution in [0.1, 0.15) is 93.6 Å². The highest BCUT2D eigenvalue weighted by Gasteiger charge is 2.46. The van der Waals surface area contributed by atoms with E-state index in [4.69, 9.17) is 22.9 Å². The molecule has 14 heteroatoms. The Morgan fingerprint density at radius 3 is 2.18 bits per heavy atom. The lowest BCUT2D eigenvalue weighted by atomic mass is 9.90. The van der Waals surface area contributed by atoms with Gasteiger partial charge in [-0.05, 0) is 105 Å². The molecule has 2 saturated heterocycles. The Kier molecular flexibility index (Phi) is 9.83. The number of amides is 5. The Balaban J connectivity index is 0.797. The highest BCUT2D eigenvalue weighted by atomic mass is 35.5. The van der Waals surface area contributed by atoms with E-state index in [1.807, 2.05) is 24.3 Å². The first kappa shape index (κ1) is 36.7. The first-order chi connectivity index (χ1) is 26.5. The first-order valence-electron chi connectivity index (χ1n) is 18.8. The fraction of sp³-hybridized carbons (Fsp3) is 0.415. The van der Waals surface area contributed by atoms with Gasteiger partial charge in [0.15, 0.2) is 0 Å². The standard InChI is InChI=1S/C41H41ClN6O7/c1-43-34-11-10-30(20-33(34)42)55-29-8-4-27(5-9-29)44-37(50)24-2-6-28(7-3-24)47-16-14-41(54,15-17-47)23-46-21-25-18-31-32(19-26(25)22-46)40(53)48(39(31)52)35-12-13-36(49)45-38(35)51/h2-3,6-7,10-11,18-20,27,29,35,54H,4-5,8-9,12-17,21-23H2,(H,44,50)(H,45,49,51). The molecule has 55 heavy (non-hydrogen) atoms. The molecule has 4 aliphatic heterocycles. The van der Waals surface area contributed by atoms with E-state index in [1.54, 1.807) is 30.3 Å². The van der Waals surface area contributed by atoms with Crippen molar-refractivity contribution < 1.29 is 33.8 Å². The second kappa shape index (κ2) is 14.7. The molecule has 0 bridgehead atoms. The highest BCUT2D eigenvalue weighted by molar-refractivity contribution is 6.33. The minimum Gasteiger partial charge on any atom is -0.490 e. The number of rotatable bonds is 8. The number of fused-ring (bicyclic) bond motifs is 2. The van der Waals surface area contributed by atoms with Crippen molar-refractivity contribution in [2.75, 3.05) is 24.5 Å². The van der Waals surface area contributed by atoms with Gasteiger partial charge in [-0.2, -0.15) is 0 Å². The third kappa shape index (κ3) is 7.42. The summed E-state index contributed by atoms with van der Waals surface area (Å²) in [6, 6.07) is 15.2. The lowest BCUT2D eigenvalue weighted by Crippen LogP contribution is -2.54. The van der Waals surface area contributed by atoms with E-state index in [0.717, 1.165) is 47.4 Å². The number of ether oxygens (including phenoxy) is 1. The fourth-order valence-corrected chi connectivity index (χ4v) is 8.78. The average Bonchev–Trinajstić information content (AvgIpc) is 3.67. The number of aliphatic hydroxyl groups is 1. The molecule has 13 nitrogen and oxygen atoms in total. The van der Waals surface area contributed by atoms with Crippen LogP contribution in [0.4, 0.5) is 11.4 Å². The number of piperidine rings is 2. The van der Waals surface area contributed by atoms with E-state index in [0.29, 0.717) is 67.6 Å². The zero-order chi connectivity index (χ0) is 38.4. The Hall–Kier alpha value is -5.29. The number of carbonyl (C=O) groups is 5. The summed E-state index contributed by atoms with van der Waals surface area (Å²) in [7, 11) is 0. The molecule has 5 aliphatic rings. The second-order valence-corrected chi connectivity index (χ2v) is 15.7. The molecule has 8 rings (SSSR count). The molecular formula is C41H41ClN6O7. The number of nitrogens with one attached hydrogen (secondary N) is 2. The van der Waals surface area contributed by atoms with Crippen molar-refractivity contribution in [2.24, 2.45) is 0 Å². The Bertz CT molecular complexity index is 2070. The summed E-state index contributed by atoms with van der Waals surface area (Å²) in [5, 5.41) is 17.4. The van der Waals surface area contributed by atoms with E-state index in [-0.39, 0.29) is 42.0 Å². The van der Waals surface area contributed by atoms with Gasteiger partial charge in [0.05, 0.1) is 34.4 Å². The van der Waals surface area contributed by atoms with E-state index in [1.165, 1.54) is 0 Å². The van der Waals surface area contributed by atoms with Crippen molar-refractivity contribution in [1.82, 2.24) is 20.4 Å². The Morgan fingerprint density at radius 1 is 0.927 bits per heavy atom. The zero-order valence-electron chi connectivity index (χ0n) is 30.2. The lowest BCUT2D eigenvalue weighted by Gasteiger charge is -2.41. The monoisotopic (exact) mass is 764 g/mol. The Morgan fingerprint density at radius 2 is 1.58 bits per heavy atom. The second-order valence-electron chi connectivity index (χ2n) is 15.3. The first-order valence-corrected chi connectivity index (χ1v) is 19.2. The fourth-order valence-electron chi connectivity index (χ4n) is 8.57. The maximum Gasteiger partial charge on any atom is 0.262 e. The molecule has 1 atom stereocenters. The van der Waals surface area contributed by atoms with Gasteiger partial charge in [-0.3, -0.25) is 39.1 Å². The average molecular weight is 765 g/mol. The molecule has 0 radical (unpaired) electrons. The van der Waals surface area contributed by atoms with Gasteiger partial charge >= 0.3 is 0 Å². The van der Waals surface area contributed by atoms with Crippen molar-refractivity contribution in [3.05, 3.63) is 98.9 Å². The molecule has 1 aliphatic carbocycles. The van der Waals surface area contributed by atoms with Crippen molar-refractivity contribution >= 4 is 52.5 Å². The van der Waals surface area contributed by atoms with Crippen LogP contribution in [-0.2, 0) is 22.7 Å². The van der Waals surface area contributed by atoms with Crippen LogP contribution in [0.3, 0.4) is 0 Å². The van der Waals surface area contributed by atoms with Crippen LogP contribution in [0.5, 0.6) is 5.75 Å². The summed E-state index contributed by atoms with van der Waals surface area (Å²) in [4.78, 5) is 72.4. The summed E-state index contributed by atoms with van der Waals surface area (Å²) < 4.78 is 6.09. The number of benzene rings is 3. The quantitative estimate of drug-likeness (QED) is 0.218. The van der Waals surface area contributed by atoms with Crippen molar-refractivity contribution in [1.29, 1.82) is 0 Å². The van der Waals surface area contributed by atoms with Crippen LogP contribution in [0, 0.1) is 6.57 Å². The van der Waals surface area contributed by atoms with Gasteiger partial charge in [0, 0.05) is 56.4 Å². The maximum atomic E-state index is 13.3. The summed E-state index contributed by atoms with van der Waals surface area (Å²) in [6.07, 6.45) is 4.53. The van der Waals surface area contributed by atoms with Crippen LogP contribution in [0.2, 0.25) is 5.02 Å². The van der Waals surface area contributed by atoms with Gasteiger partial charge in [-0.25, -0.2) is 4.85 Å². The van der Waals surface area contributed by atoms with E-state index < -0.39 is 35.3 Å². The molecule has 1 saturated carbocycles. The summed E-state index contributed by atoms with van der Waals surface area (Å²) in [6.45, 7) is 9.95. The molecular weight excluding hydrogens is 724 g/mol. The third-order valence-electron chi connectivity index (χ3n) is 11.6. The minimum absolute atomic E-state index is 0.0255. The maximum absolute atomic E-state index is 13.3. The topological polar surface area (TPSA) is 153 Å². The van der Waals surface area contributed by atoms with E-state index in [2.05, 4.69) is 25.3 Å². The van der Waals surface area contributed by atoms with Crippen molar-refractivity contribution in [3.63, 3.8) is 0 Å². The van der Waals surface area contributed by atoms with Crippen molar-refractivity contribution in [3.8, 4) is 5.75 Å². The highest BCUT2D eigenvalue weighted by Crippen LogP contribution is 2.36. The molecule has 4 heterocycles. The van der Waals surface area contributed by atoms with Gasteiger partial charge in [0.1, 0.15) is 11.8 Å². The molecule has 284 valence electrons. The van der Waals surface area contributed by atoms with Crippen LogP contribution < -0.4 is 20.3 Å². The number of imide groups is 2. The van der Waals surface area contributed by atoms with Crippen LogP contribution >= 0.6 is 11.6 Å². The largest absolute Gasteiger partial charge is 0.490 e. The number of anilines is 1. The molecule has 1 unspecified atom stereocenters. The van der Waals surface area contributed by atoms with Crippen LogP contribution in [0.25, 0.3) is 4.85 Å². The SMILES string of the molecule is [C-]#[N+]c1ccc(OC2CCC(NC(=O)c3ccc(N4CCC(O)(CN5Cc6cc7c(cc6C5)C(=O)N(C5CCC(=O)NC5=O)C7=O)CC4)cc3)CC2)cc1Cl. The summed E-state index contributed by atoms with van der Waals surface area (Å²) in [5.74, 6) is -1.54. The molecule has 3 aromatic carbocycles. The molecule has 3 fully saturated rings. The van der Waals surface area contributed by atoms with Crippen LogP contribution in [-0.4, -0.2) is 87.9 Å². The number of hydrogen-bond acceptors (Lipinski definition) is 9. The third-order valence-corrected chi connectivity index (χ3v) is 11.9. The predicted molar refractivity (Wildman–Crippen MR) is 202 cm³/mol. The number of halogens is 1. The van der Waals surface area contributed by atoms with Crippen molar-refractivity contribution in [2.45, 2.75) is 88.2 Å². The Labute approximate surface area is 323 Å². The minimum atomic E-state index is -0.999. The number of β-amino-alcohol motifs (C(OH)–C–C–N with tert-alkyl or cyclic N) is 1. The molecule has 3 N–H and O–H groups in total. The molecule has 3 aromatic rings. The van der Waals surface area contributed by atoms with Gasteiger partial charge < -0.3 is 20.1 Å². The predicted octanol–water partition coefficient (Wildman–Crippen LogP) is 4.76. The summed E-state index contributed by atoms with van der Waals surface area (Å²) >= 11 is 6.15. The number of carbonyl (C=O) groups excluding carboxylic acids is 5.